The largest absolute Gasteiger partial charge is 0.413 e. The van der Waals surface area contributed by atoms with Gasteiger partial charge < -0.3 is 4.84 Å². The minimum Gasteiger partial charge on any atom is -0.413 e. The molecular formula is C10H8BrNO2. The molecule has 1 aromatic carbocycles. The summed E-state index contributed by atoms with van der Waals surface area (Å²) in [5.41, 5.74) is 0.590. The van der Waals surface area contributed by atoms with E-state index in [-0.39, 0.29) is 5.56 Å². The van der Waals surface area contributed by atoms with Crippen LogP contribution < -0.4 is 10.4 Å². The lowest BCUT2D eigenvalue weighted by Gasteiger charge is -2.07. The van der Waals surface area contributed by atoms with E-state index in [1.165, 1.54) is 17.9 Å². The molecule has 1 aromatic heterocycles. The van der Waals surface area contributed by atoms with E-state index in [1.807, 2.05) is 18.2 Å². The molecule has 0 spiro atoms. The molecule has 1 heterocycles. The van der Waals surface area contributed by atoms with E-state index in [9.17, 15) is 4.79 Å². The number of rotatable bonds is 1. The molecule has 0 radical (unpaired) electrons. The molecular weight excluding hydrogens is 246 g/mol. The fourth-order valence-electron chi connectivity index (χ4n) is 1.37. The molecule has 0 saturated heterocycles. The monoisotopic (exact) mass is 253 g/mol. The number of hydrogen-bond acceptors (Lipinski definition) is 2. The summed E-state index contributed by atoms with van der Waals surface area (Å²) < 4.78 is 2.18. The minimum atomic E-state index is -0.168. The summed E-state index contributed by atoms with van der Waals surface area (Å²) in [6.07, 6.45) is 0. The summed E-state index contributed by atoms with van der Waals surface area (Å²) >= 11 is 3.35. The van der Waals surface area contributed by atoms with Crippen molar-refractivity contribution >= 4 is 26.8 Å². The third kappa shape index (κ3) is 1.42. The zero-order valence-corrected chi connectivity index (χ0v) is 9.11. The van der Waals surface area contributed by atoms with Crippen LogP contribution in [0.15, 0.2) is 39.6 Å². The van der Waals surface area contributed by atoms with Crippen LogP contribution >= 0.6 is 15.9 Å². The highest BCUT2D eigenvalue weighted by molar-refractivity contribution is 9.10. The summed E-state index contributed by atoms with van der Waals surface area (Å²) in [6, 6.07) is 8.96. The Hall–Kier alpha value is -1.29. The van der Waals surface area contributed by atoms with E-state index < -0.39 is 0 Å². The molecule has 72 valence electrons. The van der Waals surface area contributed by atoms with E-state index in [1.54, 1.807) is 6.07 Å². The number of pyridine rings is 1. The van der Waals surface area contributed by atoms with Gasteiger partial charge >= 0.3 is 0 Å². The number of aromatic nitrogens is 1. The minimum absolute atomic E-state index is 0.168. The van der Waals surface area contributed by atoms with Crippen LogP contribution in [0.3, 0.4) is 0 Å². The van der Waals surface area contributed by atoms with Gasteiger partial charge in [-0.2, -0.15) is 0 Å². The van der Waals surface area contributed by atoms with Crippen molar-refractivity contribution in [2.24, 2.45) is 0 Å². The molecule has 14 heavy (non-hydrogen) atoms. The first-order valence-corrected chi connectivity index (χ1v) is 4.87. The maximum absolute atomic E-state index is 11.4. The summed E-state index contributed by atoms with van der Waals surface area (Å²) in [7, 11) is 1.47. The van der Waals surface area contributed by atoms with Gasteiger partial charge in [0.25, 0.3) is 5.56 Å². The number of hydrogen-bond donors (Lipinski definition) is 0. The molecule has 0 aliphatic rings. The summed E-state index contributed by atoms with van der Waals surface area (Å²) in [6.45, 7) is 0. The molecule has 0 N–H and O–H groups in total. The highest BCUT2D eigenvalue weighted by atomic mass is 79.9. The molecule has 2 aromatic rings. The van der Waals surface area contributed by atoms with Gasteiger partial charge in [0.1, 0.15) is 7.11 Å². The molecule has 0 aliphatic heterocycles. The predicted octanol–water partition coefficient (Wildman–Crippen LogP) is 1.82. The van der Waals surface area contributed by atoms with Crippen molar-refractivity contribution in [2.45, 2.75) is 0 Å². The summed E-state index contributed by atoms with van der Waals surface area (Å²) in [4.78, 5) is 16.4. The van der Waals surface area contributed by atoms with Crippen molar-refractivity contribution < 1.29 is 4.84 Å². The highest BCUT2D eigenvalue weighted by Crippen LogP contribution is 2.17. The first-order valence-electron chi connectivity index (χ1n) is 4.08. The van der Waals surface area contributed by atoms with Gasteiger partial charge in [0.15, 0.2) is 0 Å². The second-order valence-corrected chi connectivity index (χ2v) is 3.77. The van der Waals surface area contributed by atoms with Crippen LogP contribution in [0.4, 0.5) is 0 Å². The number of benzene rings is 1. The molecule has 0 saturated carbocycles. The van der Waals surface area contributed by atoms with Gasteiger partial charge in [0, 0.05) is 15.9 Å². The molecule has 0 fully saturated rings. The Bertz CT molecular complexity index is 533. The molecule has 0 atom stereocenters. The second-order valence-electron chi connectivity index (χ2n) is 2.85. The molecule has 0 amide bonds. The lowest BCUT2D eigenvalue weighted by atomic mass is 10.2. The second kappa shape index (κ2) is 3.46. The maximum atomic E-state index is 11.4. The van der Waals surface area contributed by atoms with Crippen molar-refractivity contribution in [1.82, 2.24) is 4.73 Å². The van der Waals surface area contributed by atoms with Gasteiger partial charge in [-0.25, -0.2) is 0 Å². The van der Waals surface area contributed by atoms with Crippen LogP contribution in [0.1, 0.15) is 0 Å². The lowest BCUT2D eigenvalue weighted by Crippen LogP contribution is -2.23. The SMILES string of the molecule is COn1c(=O)ccc2ccc(Br)cc21. The van der Waals surface area contributed by atoms with Crippen molar-refractivity contribution in [3.63, 3.8) is 0 Å². The normalized spacial score (nSPS) is 10.4. The van der Waals surface area contributed by atoms with E-state index in [0.717, 1.165) is 15.4 Å². The smallest absolute Gasteiger partial charge is 0.283 e. The van der Waals surface area contributed by atoms with Gasteiger partial charge in [-0.3, -0.25) is 4.79 Å². The van der Waals surface area contributed by atoms with Gasteiger partial charge in [0.2, 0.25) is 0 Å². The van der Waals surface area contributed by atoms with Crippen LogP contribution in [0.25, 0.3) is 10.9 Å². The van der Waals surface area contributed by atoms with Gasteiger partial charge in [0.05, 0.1) is 5.52 Å². The van der Waals surface area contributed by atoms with Gasteiger partial charge in [-0.05, 0) is 18.2 Å². The molecule has 0 unspecified atom stereocenters. The zero-order valence-electron chi connectivity index (χ0n) is 7.53. The Morgan fingerprint density at radius 3 is 2.71 bits per heavy atom. The van der Waals surface area contributed by atoms with E-state index in [2.05, 4.69) is 15.9 Å². The van der Waals surface area contributed by atoms with E-state index in [0.29, 0.717) is 0 Å². The first kappa shape index (κ1) is 9.27. The average molecular weight is 254 g/mol. The number of halogens is 1. The average Bonchev–Trinajstić information content (AvgIpc) is 2.17. The van der Waals surface area contributed by atoms with E-state index in [4.69, 9.17) is 4.84 Å². The third-order valence-electron chi connectivity index (χ3n) is 2.00. The Kier molecular flexibility index (Phi) is 2.29. The fourth-order valence-corrected chi connectivity index (χ4v) is 1.72. The molecule has 0 bridgehead atoms. The van der Waals surface area contributed by atoms with Crippen molar-refractivity contribution in [2.75, 3.05) is 7.11 Å². The van der Waals surface area contributed by atoms with Crippen LogP contribution in [0, 0.1) is 0 Å². The first-order chi connectivity index (χ1) is 6.72. The highest BCUT2D eigenvalue weighted by Gasteiger charge is 2.02. The molecule has 0 aliphatic carbocycles. The standard InChI is InChI=1S/C10H8BrNO2/c1-14-12-9-6-8(11)4-2-7(9)3-5-10(12)13/h2-6H,1H3. The predicted molar refractivity (Wildman–Crippen MR) is 58.4 cm³/mol. The quantitative estimate of drug-likeness (QED) is 0.777. The lowest BCUT2D eigenvalue weighted by molar-refractivity contribution is 0.169. The third-order valence-corrected chi connectivity index (χ3v) is 2.49. The van der Waals surface area contributed by atoms with Crippen LogP contribution in [0.2, 0.25) is 0 Å². The van der Waals surface area contributed by atoms with Gasteiger partial charge in [-0.15, -0.1) is 4.73 Å². The Morgan fingerprint density at radius 2 is 2.00 bits per heavy atom. The van der Waals surface area contributed by atoms with Crippen molar-refractivity contribution in [3.05, 3.63) is 45.2 Å². The summed E-state index contributed by atoms with van der Waals surface area (Å²) in [5, 5.41) is 0.967. The van der Waals surface area contributed by atoms with Crippen LogP contribution in [0.5, 0.6) is 0 Å². The Labute approximate surface area is 89.0 Å². The van der Waals surface area contributed by atoms with Crippen LogP contribution in [-0.4, -0.2) is 11.8 Å². The maximum Gasteiger partial charge on any atom is 0.283 e. The molecule has 4 heteroatoms. The zero-order chi connectivity index (χ0) is 10.1. The molecule has 3 nitrogen and oxygen atoms in total. The van der Waals surface area contributed by atoms with E-state index >= 15 is 0 Å². The van der Waals surface area contributed by atoms with Crippen LogP contribution in [-0.2, 0) is 0 Å². The van der Waals surface area contributed by atoms with Gasteiger partial charge in [-0.1, -0.05) is 22.0 Å². The number of fused-ring (bicyclic) bond motifs is 1. The fraction of sp³-hybridized carbons (Fsp3) is 0.100. The van der Waals surface area contributed by atoms with Crippen molar-refractivity contribution in [1.29, 1.82) is 0 Å². The summed E-state index contributed by atoms with van der Waals surface area (Å²) in [5.74, 6) is 0. The van der Waals surface area contributed by atoms with Crippen molar-refractivity contribution in [3.8, 4) is 0 Å². The topological polar surface area (TPSA) is 31.2 Å². The number of nitrogens with zero attached hydrogens (tertiary/aromatic N) is 1. The Balaban J connectivity index is 2.91. The Morgan fingerprint density at radius 1 is 1.29 bits per heavy atom. The molecule has 2 rings (SSSR count).